The zero-order chi connectivity index (χ0) is 21.8. The van der Waals surface area contributed by atoms with E-state index in [2.05, 4.69) is 23.6 Å². The van der Waals surface area contributed by atoms with Gasteiger partial charge in [-0.05, 0) is 97.6 Å². The largest absolute Gasteiger partial charge is 0.508 e. The van der Waals surface area contributed by atoms with Gasteiger partial charge in [0.1, 0.15) is 17.2 Å². The first kappa shape index (κ1) is 20.8. The van der Waals surface area contributed by atoms with E-state index in [0.717, 1.165) is 51.9 Å². The van der Waals surface area contributed by atoms with Gasteiger partial charge in [-0.15, -0.1) is 0 Å². The maximum atomic E-state index is 10.0. The van der Waals surface area contributed by atoms with Crippen LogP contribution in [-0.4, -0.2) is 27.9 Å². The number of rotatable bonds is 8. The van der Waals surface area contributed by atoms with Gasteiger partial charge in [-0.25, -0.2) is 0 Å². The Kier molecular flexibility index (Phi) is 6.14. The van der Waals surface area contributed by atoms with Crippen LogP contribution < -0.4 is 10.5 Å². The van der Waals surface area contributed by atoms with Crippen LogP contribution in [0.2, 0.25) is 0 Å². The fourth-order valence-corrected chi connectivity index (χ4v) is 3.98. The van der Waals surface area contributed by atoms with Gasteiger partial charge in [0, 0.05) is 17.4 Å². The lowest BCUT2D eigenvalue weighted by molar-refractivity contribution is 0.308. The molecule has 0 aliphatic heterocycles. The fourth-order valence-electron chi connectivity index (χ4n) is 3.98. The molecule has 0 radical (unpaired) electrons. The number of aromatic nitrogens is 1. The third kappa shape index (κ3) is 4.52. The quantitative estimate of drug-likeness (QED) is 0.345. The van der Waals surface area contributed by atoms with Crippen molar-refractivity contribution in [2.75, 3.05) is 13.2 Å². The van der Waals surface area contributed by atoms with E-state index < -0.39 is 0 Å². The highest BCUT2D eigenvalue weighted by Gasteiger charge is 2.17. The van der Waals surface area contributed by atoms with Crippen LogP contribution in [0.15, 0.2) is 66.7 Å². The number of phenols is 2. The number of hydrogen-bond acceptors (Lipinski definition) is 4. The van der Waals surface area contributed by atoms with Crippen LogP contribution >= 0.6 is 0 Å². The third-order valence-electron chi connectivity index (χ3n) is 5.57. The number of fused-ring (bicyclic) bond motifs is 1. The number of benzene rings is 3. The number of nitrogens with two attached hydrogens (primary N) is 1. The Balaban J connectivity index is 1.68. The molecule has 4 rings (SSSR count). The third-order valence-corrected chi connectivity index (χ3v) is 5.57. The standard InChI is InChI=1S/C26H28N2O3/c1-18-24-16-22(30)10-13-25(24)28(26(18)20-6-8-21(29)9-7-20)17-19-4-11-23(12-5-19)31-15-3-2-14-27/h4-13,16,29-30H,2-3,14-15,17,27H2,1H3. The van der Waals surface area contributed by atoms with E-state index in [0.29, 0.717) is 19.7 Å². The van der Waals surface area contributed by atoms with Gasteiger partial charge in [0.2, 0.25) is 0 Å². The van der Waals surface area contributed by atoms with E-state index in [1.807, 2.05) is 36.4 Å². The first-order valence-corrected chi connectivity index (χ1v) is 10.6. The van der Waals surface area contributed by atoms with Crippen molar-refractivity contribution in [3.8, 4) is 28.5 Å². The molecule has 0 saturated carbocycles. The van der Waals surface area contributed by atoms with Gasteiger partial charge in [-0.2, -0.15) is 0 Å². The predicted octanol–water partition coefficient (Wildman–Crippen LogP) is 5.19. The Morgan fingerprint density at radius 3 is 2.29 bits per heavy atom. The minimum absolute atomic E-state index is 0.240. The molecule has 0 aliphatic carbocycles. The number of unbranched alkanes of at least 4 members (excludes halogenated alkanes) is 1. The van der Waals surface area contributed by atoms with Crippen molar-refractivity contribution in [1.82, 2.24) is 4.57 Å². The summed E-state index contributed by atoms with van der Waals surface area (Å²) in [6.45, 7) is 4.11. The summed E-state index contributed by atoms with van der Waals surface area (Å²) in [5, 5.41) is 20.8. The smallest absolute Gasteiger partial charge is 0.119 e. The summed E-state index contributed by atoms with van der Waals surface area (Å²) in [4.78, 5) is 0. The highest BCUT2D eigenvalue weighted by atomic mass is 16.5. The average molecular weight is 417 g/mol. The molecule has 5 heteroatoms. The Morgan fingerprint density at radius 2 is 1.58 bits per heavy atom. The van der Waals surface area contributed by atoms with Crippen molar-refractivity contribution in [3.63, 3.8) is 0 Å². The number of nitrogens with zero attached hydrogens (tertiary/aromatic N) is 1. The molecule has 0 unspecified atom stereocenters. The first-order chi connectivity index (χ1) is 15.1. The van der Waals surface area contributed by atoms with Crippen molar-refractivity contribution < 1.29 is 14.9 Å². The van der Waals surface area contributed by atoms with E-state index in [1.165, 1.54) is 0 Å². The van der Waals surface area contributed by atoms with Crippen molar-refractivity contribution in [1.29, 1.82) is 0 Å². The van der Waals surface area contributed by atoms with Crippen LogP contribution in [0.3, 0.4) is 0 Å². The number of aryl methyl sites for hydroxylation is 1. The molecule has 5 nitrogen and oxygen atoms in total. The molecule has 1 heterocycles. The van der Waals surface area contributed by atoms with E-state index in [4.69, 9.17) is 10.5 Å². The lowest BCUT2D eigenvalue weighted by atomic mass is 10.1. The number of ether oxygens (including phenoxy) is 1. The highest BCUT2D eigenvalue weighted by Crippen LogP contribution is 2.36. The van der Waals surface area contributed by atoms with Gasteiger partial charge in [0.15, 0.2) is 0 Å². The molecule has 0 bridgehead atoms. The molecule has 1 aromatic heterocycles. The Bertz CT molecular complexity index is 1160. The fraction of sp³-hybridized carbons (Fsp3) is 0.231. The van der Waals surface area contributed by atoms with Gasteiger partial charge >= 0.3 is 0 Å². The summed E-state index contributed by atoms with van der Waals surface area (Å²) in [6, 6.07) is 20.9. The van der Waals surface area contributed by atoms with Crippen molar-refractivity contribution in [2.24, 2.45) is 5.73 Å². The second-order valence-corrected chi connectivity index (χ2v) is 7.80. The van der Waals surface area contributed by atoms with Crippen molar-refractivity contribution >= 4 is 10.9 Å². The lowest BCUT2D eigenvalue weighted by Gasteiger charge is -2.13. The van der Waals surface area contributed by atoms with Crippen LogP contribution in [0.4, 0.5) is 0 Å². The number of hydrogen-bond donors (Lipinski definition) is 3. The van der Waals surface area contributed by atoms with Crippen molar-refractivity contribution in [2.45, 2.75) is 26.3 Å². The molecule has 4 aromatic rings. The molecule has 0 aliphatic rings. The normalized spacial score (nSPS) is 11.2. The molecular weight excluding hydrogens is 388 g/mol. The maximum Gasteiger partial charge on any atom is 0.119 e. The summed E-state index contributed by atoms with van der Waals surface area (Å²) in [5.74, 6) is 1.35. The van der Waals surface area contributed by atoms with Gasteiger partial charge in [-0.3, -0.25) is 0 Å². The monoisotopic (exact) mass is 416 g/mol. The molecule has 0 amide bonds. The van der Waals surface area contributed by atoms with E-state index in [1.54, 1.807) is 18.2 Å². The van der Waals surface area contributed by atoms with Gasteiger partial charge < -0.3 is 25.3 Å². The molecular formula is C26H28N2O3. The minimum Gasteiger partial charge on any atom is -0.508 e. The molecule has 0 fully saturated rings. The van der Waals surface area contributed by atoms with Crippen LogP contribution in [0.1, 0.15) is 24.0 Å². The lowest BCUT2D eigenvalue weighted by Crippen LogP contribution is -2.04. The minimum atomic E-state index is 0.240. The summed E-state index contributed by atoms with van der Waals surface area (Å²) in [5.41, 5.74) is 10.9. The molecule has 0 saturated heterocycles. The second kappa shape index (κ2) is 9.14. The van der Waals surface area contributed by atoms with E-state index >= 15 is 0 Å². The number of phenolic OH excluding ortho intramolecular Hbond substituents is 2. The summed E-state index contributed by atoms with van der Waals surface area (Å²) >= 11 is 0. The van der Waals surface area contributed by atoms with E-state index in [9.17, 15) is 10.2 Å². The first-order valence-electron chi connectivity index (χ1n) is 10.6. The zero-order valence-electron chi connectivity index (χ0n) is 17.7. The molecule has 0 atom stereocenters. The summed E-state index contributed by atoms with van der Waals surface area (Å²) in [6.07, 6.45) is 1.92. The van der Waals surface area contributed by atoms with Crippen LogP contribution in [0, 0.1) is 6.92 Å². The average Bonchev–Trinajstić information content (AvgIpc) is 3.04. The Labute approximate surface area is 182 Å². The van der Waals surface area contributed by atoms with Crippen LogP contribution in [0.5, 0.6) is 17.2 Å². The molecule has 4 N–H and O–H groups in total. The SMILES string of the molecule is Cc1c(-c2ccc(O)cc2)n(Cc2ccc(OCCCCN)cc2)c2ccc(O)cc12. The zero-order valence-corrected chi connectivity index (χ0v) is 17.7. The summed E-state index contributed by atoms with van der Waals surface area (Å²) < 4.78 is 8.05. The van der Waals surface area contributed by atoms with Crippen molar-refractivity contribution in [3.05, 3.63) is 77.9 Å². The predicted molar refractivity (Wildman–Crippen MR) is 125 cm³/mol. The second-order valence-electron chi connectivity index (χ2n) is 7.80. The van der Waals surface area contributed by atoms with Gasteiger partial charge in [-0.1, -0.05) is 12.1 Å². The van der Waals surface area contributed by atoms with Gasteiger partial charge in [0.05, 0.1) is 12.3 Å². The van der Waals surface area contributed by atoms with Crippen LogP contribution in [0.25, 0.3) is 22.2 Å². The molecule has 3 aromatic carbocycles. The number of aromatic hydroxyl groups is 2. The topological polar surface area (TPSA) is 80.6 Å². The van der Waals surface area contributed by atoms with Crippen LogP contribution in [-0.2, 0) is 6.54 Å². The molecule has 160 valence electrons. The van der Waals surface area contributed by atoms with Gasteiger partial charge in [0.25, 0.3) is 0 Å². The molecule has 0 spiro atoms. The summed E-state index contributed by atoms with van der Waals surface area (Å²) in [7, 11) is 0. The maximum absolute atomic E-state index is 10.0. The van der Waals surface area contributed by atoms with E-state index in [-0.39, 0.29) is 11.5 Å². The highest BCUT2D eigenvalue weighted by molar-refractivity contribution is 5.92. The molecule has 31 heavy (non-hydrogen) atoms. The Hall–Kier alpha value is -3.44. The Morgan fingerprint density at radius 1 is 0.871 bits per heavy atom.